The summed E-state index contributed by atoms with van der Waals surface area (Å²) in [5.41, 5.74) is 7.15. The molecule has 0 aliphatic carbocycles. The van der Waals surface area contributed by atoms with E-state index in [-0.39, 0.29) is 12.2 Å². The highest BCUT2D eigenvalue weighted by atomic mass is 35.5. The van der Waals surface area contributed by atoms with E-state index < -0.39 is 7.12 Å². The summed E-state index contributed by atoms with van der Waals surface area (Å²) in [5, 5.41) is 22.0. The van der Waals surface area contributed by atoms with E-state index in [1.807, 2.05) is 12.1 Å². The summed E-state index contributed by atoms with van der Waals surface area (Å²) in [6.07, 6.45) is 5.34. The number of benzene rings is 1. The Labute approximate surface area is 158 Å². The standard InChI is InChI=1S/C15H25BCl2N2O2.CO2/c17-14-7-6-12(10-15(14)18)11-20-9-3-5-13(19)4-1-2-8-16(21)22;2-1-3/h6-7,10,13,20-22H,1-5,8-9,11,19H2;. The maximum Gasteiger partial charge on any atom is 0.451 e. The van der Waals surface area contributed by atoms with Crippen LogP contribution in [0.3, 0.4) is 0 Å². The van der Waals surface area contributed by atoms with Gasteiger partial charge in [-0.25, -0.2) is 0 Å². The summed E-state index contributed by atoms with van der Waals surface area (Å²) in [5.74, 6) is 0. The van der Waals surface area contributed by atoms with E-state index in [0.29, 0.717) is 16.4 Å². The first-order chi connectivity index (χ1) is 11.9. The summed E-state index contributed by atoms with van der Waals surface area (Å²) in [6.45, 7) is 1.67. The first-order valence-electron chi connectivity index (χ1n) is 8.16. The number of carbonyl (C=O) groups excluding carboxylic acids is 2. The predicted molar refractivity (Wildman–Crippen MR) is 99.2 cm³/mol. The first-order valence-corrected chi connectivity index (χ1v) is 8.92. The van der Waals surface area contributed by atoms with Crippen molar-refractivity contribution in [3.8, 4) is 0 Å². The molecule has 0 amide bonds. The van der Waals surface area contributed by atoms with Crippen LogP contribution >= 0.6 is 23.2 Å². The molecule has 6 nitrogen and oxygen atoms in total. The molecule has 0 saturated carbocycles. The Morgan fingerprint density at radius 3 is 2.36 bits per heavy atom. The molecule has 0 heterocycles. The van der Waals surface area contributed by atoms with E-state index in [2.05, 4.69) is 5.32 Å². The van der Waals surface area contributed by atoms with Gasteiger partial charge in [-0.2, -0.15) is 9.59 Å². The third-order valence-electron chi connectivity index (χ3n) is 3.53. The molecule has 5 N–H and O–H groups in total. The minimum absolute atomic E-state index is 0.183. The van der Waals surface area contributed by atoms with Crippen LogP contribution in [-0.4, -0.2) is 35.9 Å². The number of hydrogen-bond acceptors (Lipinski definition) is 6. The molecule has 0 spiro atoms. The van der Waals surface area contributed by atoms with Crippen molar-refractivity contribution in [1.29, 1.82) is 0 Å². The lowest BCUT2D eigenvalue weighted by molar-refractivity contribution is -0.191. The summed E-state index contributed by atoms with van der Waals surface area (Å²) in [7, 11) is -1.19. The molecule has 0 radical (unpaired) electrons. The molecule has 1 aromatic rings. The minimum atomic E-state index is -1.19. The van der Waals surface area contributed by atoms with Crippen LogP contribution < -0.4 is 11.1 Å². The summed E-state index contributed by atoms with van der Waals surface area (Å²) in [6, 6.07) is 5.82. The van der Waals surface area contributed by atoms with Gasteiger partial charge in [0.2, 0.25) is 0 Å². The predicted octanol–water partition coefficient (Wildman–Crippen LogP) is 2.25. The van der Waals surface area contributed by atoms with E-state index >= 15 is 0 Å². The Hall–Kier alpha value is -0.915. The number of hydrogen-bond donors (Lipinski definition) is 4. The Morgan fingerprint density at radius 2 is 1.76 bits per heavy atom. The van der Waals surface area contributed by atoms with Crippen molar-refractivity contribution >= 4 is 36.5 Å². The van der Waals surface area contributed by atoms with Gasteiger partial charge in [-0.3, -0.25) is 0 Å². The third-order valence-corrected chi connectivity index (χ3v) is 4.27. The van der Waals surface area contributed by atoms with E-state index in [9.17, 15) is 0 Å². The average Bonchev–Trinajstić information content (AvgIpc) is 2.55. The van der Waals surface area contributed by atoms with Gasteiger partial charge in [0.15, 0.2) is 0 Å². The van der Waals surface area contributed by atoms with E-state index in [0.717, 1.165) is 50.8 Å². The fourth-order valence-corrected chi connectivity index (χ4v) is 2.57. The van der Waals surface area contributed by atoms with Gasteiger partial charge in [0, 0.05) is 12.6 Å². The molecule has 0 aromatic heterocycles. The number of nitrogens with two attached hydrogens (primary N) is 1. The second kappa shape index (κ2) is 15.3. The molecule has 1 aromatic carbocycles. The van der Waals surface area contributed by atoms with E-state index in [1.165, 1.54) is 0 Å². The van der Waals surface area contributed by atoms with Crippen LogP contribution in [0, 0.1) is 0 Å². The lowest BCUT2D eigenvalue weighted by Gasteiger charge is -2.12. The van der Waals surface area contributed by atoms with Gasteiger partial charge >= 0.3 is 13.3 Å². The topological polar surface area (TPSA) is 113 Å². The summed E-state index contributed by atoms with van der Waals surface area (Å²) < 4.78 is 0. The minimum Gasteiger partial charge on any atom is -0.427 e. The fourth-order valence-electron chi connectivity index (χ4n) is 2.25. The van der Waals surface area contributed by atoms with Gasteiger partial charge in [-0.1, -0.05) is 42.1 Å². The van der Waals surface area contributed by atoms with Crippen LogP contribution in [0.5, 0.6) is 0 Å². The smallest absolute Gasteiger partial charge is 0.427 e. The highest BCUT2D eigenvalue weighted by Gasteiger charge is 2.07. The van der Waals surface area contributed by atoms with Gasteiger partial charge in [0.05, 0.1) is 10.0 Å². The number of halogens is 2. The van der Waals surface area contributed by atoms with Crippen molar-refractivity contribution in [3.63, 3.8) is 0 Å². The lowest BCUT2D eigenvalue weighted by atomic mass is 9.83. The molecule has 1 rings (SSSR count). The van der Waals surface area contributed by atoms with Crippen molar-refractivity contribution in [2.45, 2.75) is 51.0 Å². The lowest BCUT2D eigenvalue weighted by Crippen LogP contribution is -2.23. The maximum absolute atomic E-state index is 8.74. The molecule has 0 bridgehead atoms. The Morgan fingerprint density at radius 1 is 1.12 bits per heavy atom. The van der Waals surface area contributed by atoms with Gasteiger partial charge in [-0.15, -0.1) is 0 Å². The maximum atomic E-state index is 8.74. The van der Waals surface area contributed by atoms with E-state index in [4.69, 9.17) is 48.6 Å². The van der Waals surface area contributed by atoms with E-state index in [1.54, 1.807) is 6.07 Å². The fraction of sp³-hybridized carbons (Fsp3) is 0.562. The highest BCUT2D eigenvalue weighted by Crippen LogP contribution is 2.22. The van der Waals surface area contributed by atoms with Crippen molar-refractivity contribution in [2.24, 2.45) is 5.73 Å². The molecule has 0 aliphatic rings. The quantitative estimate of drug-likeness (QED) is 0.340. The van der Waals surface area contributed by atoms with Crippen LogP contribution in [0.4, 0.5) is 0 Å². The molecule has 1 atom stereocenters. The van der Waals surface area contributed by atoms with Gasteiger partial charge in [0.25, 0.3) is 0 Å². The highest BCUT2D eigenvalue weighted by molar-refractivity contribution is 6.42. The third kappa shape index (κ3) is 14.0. The zero-order chi connectivity index (χ0) is 19.1. The SMILES string of the molecule is NC(CCCCB(O)O)CCCNCc1ccc(Cl)c(Cl)c1.O=C=O. The second-order valence-electron chi connectivity index (χ2n) is 5.68. The van der Waals surface area contributed by atoms with Crippen LogP contribution in [0.15, 0.2) is 18.2 Å². The van der Waals surface area contributed by atoms with Gasteiger partial charge in [-0.05, 0) is 49.8 Å². The summed E-state index contributed by atoms with van der Waals surface area (Å²) >= 11 is 11.8. The van der Waals surface area contributed by atoms with Crippen LogP contribution in [0.2, 0.25) is 16.4 Å². The average molecular weight is 391 g/mol. The second-order valence-corrected chi connectivity index (χ2v) is 6.49. The molecular weight excluding hydrogens is 366 g/mol. The van der Waals surface area contributed by atoms with Crippen LogP contribution in [0.25, 0.3) is 0 Å². The molecule has 0 aliphatic heterocycles. The Kier molecular flexibility index (Phi) is 14.8. The monoisotopic (exact) mass is 390 g/mol. The Balaban J connectivity index is 0.00000178. The molecular formula is C16H25BCl2N2O4. The molecule has 1 unspecified atom stereocenters. The molecule has 0 saturated heterocycles. The first kappa shape index (κ1) is 24.1. The largest absolute Gasteiger partial charge is 0.451 e. The summed E-state index contributed by atoms with van der Waals surface area (Å²) in [4.78, 5) is 16.2. The molecule has 0 fully saturated rings. The van der Waals surface area contributed by atoms with Gasteiger partial charge in [0.1, 0.15) is 0 Å². The zero-order valence-corrected chi connectivity index (χ0v) is 15.6. The van der Waals surface area contributed by atoms with Crippen molar-refractivity contribution < 1.29 is 19.6 Å². The zero-order valence-electron chi connectivity index (χ0n) is 14.1. The van der Waals surface area contributed by atoms with Crippen LogP contribution in [0.1, 0.15) is 37.7 Å². The number of nitrogens with one attached hydrogen (secondary N) is 1. The number of unbranched alkanes of at least 4 members (excludes halogenated alkanes) is 1. The molecule has 25 heavy (non-hydrogen) atoms. The van der Waals surface area contributed by atoms with Gasteiger partial charge < -0.3 is 21.1 Å². The number of rotatable bonds is 11. The molecule has 140 valence electrons. The Bertz CT molecular complexity index is 515. The van der Waals surface area contributed by atoms with Crippen molar-refractivity contribution in [3.05, 3.63) is 33.8 Å². The normalized spacial score (nSPS) is 11.2. The molecule has 9 heteroatoms. The van der Waals surface area contributed by atoms with Crippen LogP contribution in [-0.2, 0) is 16.1 Å². The van der Waals surface area contributed by atoms with Crippen molar-refractivity contribution in [2.75, 3.05) is 6.54 Å². The van der Waals surface area contributed by atoms with Crippen molar-refractivity contribution in [1.82, 2.24) is 5.32 Å².